The van der Waals surface area contributed by atoms with Crippen LogP contribution in [0.1, 0.15) is 6.42 Å². The number of hydrogen-bond donors (Lipinski definition) is 2. The number of carbonyl (C=O) groups is 1. The maximum absolute atomic E-state index is 10.2. The maximum atomic E-state index is 10.2. The summed E-state index contributed by atoms with van der Waals surface area (Å²) in [5.41, 5.74) is 4.82. The Morgan fingerprint density at radius 3 is 3.00 bits per heavy atom. The number of nitrogens with two attached hydrogens (primary N) is 1. The van der Waals surface area contributed by atoms with Crippen LogP contribution in [-0.4, -0.2) is 18.7 Å². The lowest BCUT2D eigenvalue weighted by Crippen LogP contribution is -2.36. The summed E-state index contributed by atoms with van der Waals surface area (Å²) in [4.78, 5) is 10.2. The van der Waals surface area contributed by atoms with E-state index in [4.69, 9.17) is 5.73 Å². The van der Waals surface area contributed by atoms with Gasteiger partial charge in [-0.2, -0.15) is 10.2 Å². The number of amides is 2. The molecule has 1 heterocycles. The predicted octanol–water partition coefficient (Wildman–Crippen LogP) is -0.163. The smallest absolute Gasteiger partial charge is 0.313 e. The van der Waals surface area contributed by atoms with E-state index in [1.54, 1.807) is 0 Å². The molecule has 50 valence electrons. The Kier molecular flexibility index (Phi) is 1.62. The molecule has 0 saturated heterocycles. The van der Waals surface area contributed by atoms with Crippen LogP contribution in [0.15, 0.2) is 10.2 Å². The fraction of sp³-hybridized carbons (Fsp3) is 0.750. The molecule has 0 aromatic carbocycles. The van der Waals surface area contributed by atoms with E-state index >= 15 is 0 Å². The minimum Gasteiger partial charge on any atom is -0.352 e. The molecular weight excluding hydrogens is 120 g/mol. The summed E-state index contributed by atoms with van der Waals surface area (Å²) in [5.74, 6) is 0. The minimum atomic E-state index is -0.541. The third kappa shape index (κ3) is 1.67. The number of azo groups is 1. The van der Waals surface area contributed by atoms with Crippen LogP contribution in [0.5, 0.6) is 0 Å². The zero-order valence-corrected chi connectivity index (χ0v) is 4.87. The number of primary amides is 1. The number of urea groups is 1. The molecule has 1 atom stereocenters. The third-order valence-electron chi connectivity index (χ3n) is 1.03. The van der Waals surface area contributed by atoms with Crippen molar-refractivity contribution >= 4 is 6.03 Å². The van der Waals surface area contributed by atoms with Gasteiger partial charge in [-0.3, -0.25) is 0 Å². The highest BCUT2D eigenvalue weighted by atomic mass is 16.2. The van der Waals surface area contributed by atoms with Crippen molar-refractivity contribution in [1.82, 2.24) is 5.32 Å². The second kappa shape index (κ2) is 2.43. The van der Waals surface area contributed by atoms with E-state index in [1.165, 1.54) is 0 Å². The summed E-state index contributed by atoms with van der Waals surface area (Å²) < 4.78 is 0. The summed E-state index contributed by atoms with van der Waals surface area (Å²) in [6, 6.07) is -0.541. The molecule has 0 aromatic rings. The van der Waals surface area contributed by atoms with Crippen LogP contribution in [0.25, 0.3) is 0 Å². The first-order valence-corrected chi connectivity index (χ1v) is 2.71. The first-order chi connectivity index (χ1) is 4.29. The van der Waals surface area contributed by atoms with E-state index < -0.39 is 6.03 Å². The van der Waals surface area contributed by atoms with Gasteiger partial charge in [0.1, 0.15) is 6.17 Å². The summed E-state index contributed by atoms with van der Waals surface area (Å²) in [7, 11) is 0. The topological polar surface area (TPSA) is 79.8 Å². The van der Waals surface area contributed by atoms with Crippen LogP contribution >= 0.6 is 0 Å². The lowest BCUT2D eigenvalue weighted by atomic mass is 10.4. The van der Waals surface area contributed by atoms with E-state index in [1.807, 2.05) is 0 Å². The normalized spacial score (nSPS) is 24.2. The highest BCUT2D eigenvalue weighted by Crippen LogP contribution is 2.02. The lowest BCUT2D eigenvalue weighted by molar-refractivity contribution is 0.245. The van der Waals surface area contributed by atoms with Crippen molar-refractivity contribution in [3.8, 4) is 0 Å². The average molecular weight is 128 g/mol. The Balaban J connectivity index is 2.28. The molecule has 5 heteroatoms. The van der Waals surface area contributed by atoms with Gasteiger partial charge in [0, 0.05) is 6.42 Å². The van der Waals surface area contributed by atoms with Crippen molar-refractivity contribution in [3.63, 3.8) is 0 Å². The van der Waals surface area contributed by atoms with Gasteiger partial charge in [0.15, 0.2) is 0 Å². The fourth-order valence-electron chi connectivity index (χ4n) is 0.659. The number of carbonyl (C=O) groups excluding carboxylic acids is 1. The third-order valence-corrected chi connectivity index (χ3v) is 1.03. The number of nitrogens with one attached hydrogen (secondary N) is 1. The Bertz CT molecular complexity index is 144. The molecule has 5 nitrogen and oxygen atoms in total. The summed E-state index contributed by atoms with van der Waals surface area (Å²) in [5, 5.41) is 9.78. The van der Waals surface area contributed by atoms with Gasteiger partial charge in [-0.15, -0.1) is 0 Å². The van der Waals surface area contributed by atoms with Crippen LogP contribution in [0.4, 0.5) is 4.79 Å². The van der Waals surface area contributed by atoms with Gasteiger partial charge >= 0.3 is 6.03 Å². The van der Waals surface area contributed by atoms with Gasteiger partial charge in [0.2, 0.25) is 0 Å². The van der Waals surface area contributed by atoms with E-state index in [2.05, 4.69) is 15.5 Å². The van der Waals surface area contributed by atoms with Crippen LogP contribution in [-0.2, 0) is 0 Å². The molecule has 0 aliphatic carbocycles. The maximum Gasteiger partial charge on any atom is 0.313 e. The van der Waals surface area contributed by atoms with Crippen LogP contribution in [0, 0.1) is 0 Å². The van der Waals surface area contributed by atoms with Crippen molar-refractivity contribution in [3.05, 3.63) is 0 Å². The molecule has 1 rings (SSSR count). The van der Waals surface area contributed by atoms with Crippen molar-refractivity contribution in [2.75, 3.05) is 6.54 Å². The molecular formula is C4H8N4O. The molecule has 2 amide bonds. The average Bonchev–Trinajstić information content (AvgIpc) is 2.15. The second-order valence-electron chi connectivity index (χ2n) is 1.79. The first kappa shape index (κ1) is 6.00. The second-order valence-corrected chi connectivity index (χ2v) is 1.79. The van der Waals surface area contributed by atoms with E-state index in [9.17, 15) is 4.79 Å². The first-order valence-electron chi connectivity index (χ1n) is 2.71. The van der Waals surface area contributed by atoms with Crippen molar-refractivity contribution in [2.24, 2.45) is 16.0 Å². The van der Waals surface area contributed by atoms with Gasteiger partial charge in [-0.25, -0.2) is 4.79 Å². The van der Waals surface area contributed by atoms with E-state index in [0.717, 1.165) is 6.42 Å². The molecule has 1 aliphatic rings. The Hall–Kier alpha value is -1.13. The van der Waals surface area contributed by atoms with E-state index in [0.29, 0.717) is 6.54 Å². The number of hydrogen-bond acceptors (Lipinski definition) is 3. The van der Waals surface area contributed by atoms with Gasteiger partial charge < -0.3 is 11.1 Å². The Morgan fingerprint density at radius 1 is 1.78 bits per heavy atom. The quantitative estimate of drug-likeness (QED) is 0.505. The highest BCUT2D eigenvalue weighted by Gasteiger charge is 2.11. The molecule has 1 unspecified atom stereocenters. The largest absolute Gasteiger partial charge is 0.352 e. The highest BCUT2D eigenvalue weighted by molar-refractivity contribution is 5.71. The number of nitrogens with zero attached hydrogens (tertiary/aromatic N) is 2. The Morgan fingerprint density at radius 2 is 2.56 bits per heavy atom. The number of rotatable bonds is 1. The van der Waals surface area contributed by atoms with Crippen LogP contribution in [0.2, 0.25) is 0 Å². The lowest BCUT2D eigenvalue weighted by Gasteiger charge is -2.02. The molecule has 0 radical (unpaired) electrons. The minimum absolute atomic E-state index is 0.178. The molecule has 9 heavy (non-hydrogen) atoms. The molecule has 0 saturated carbocycles. The summed E-state index contributed by atoms with van der Waals surface area (Å²) in [6.07, 6.45) is 0.589. The van der Waals surface area contributed by atoms with Gasteiger partial charge in [-0.05, 0) is 0 Å². The molecule has 1 aliphatic heterocycles. The summed E-state index contributed by atoms with van der Waals surface area (Å²) in [6.45, 7) is 0.685. The molecule has 0 aromatic heterocycles. The molecule has 0 fully saturated rings. The zero-order valence-electron chi connectivity index (χ0n) is 4.87. The zero-order chi connectivity index (χ0) is 6.69. The molecule has 3 N–H and O–H groups in total. The Labute approximate surface area is 52.3 Å². The summed E-state index contributed by atoms with van der Waals surface area (Å²) >= 11 is 0. The van der Waals surface area contributed by atoms with Crippen LogP contribution in [0.3, 0.4) is 0 Å². The van der Waals surface area contributed by atoms with E-state index in [-0.39, 0.29) is 6.17 Å². The van der Waals surface area contributed by atoms with Crippen molar-refractivity contribution in [2.45, 2.75) is 12.6 Å². The standard InChI is InChI=1S/C4H8N4O/c5-4(9)7-3-1-2-6-8-3/h3H,1-2H2,(H3,5,7,9). The SMILES string of the molecule is NC(=O)NC1CCN=N1. The molecule has 0 spiro atoms. The molecule has 0 bridgehead atoms. The predicted molar refractivity (Wildman–Crippen MR) is 30.8 cm³/mol. The van der Waals surface area contributed by atoms with Crippen molar-refractivity contribution < 1.29 is 4.79 Å². The van der Waals surface area contributed by atoms with Gasteiger partial charge in [0.05, 0.1) is 6.54 Å². The van der Waals surface area contributed by atoms with Crippen LogP contribution < -0.4 is 11.1 Å². The monoisotopic (exact) mass is 128 g/mol. The van der Waals surface area contributed by atoms with Gasteiger partial charge in [0.25, 0.3) is 0 Å². The van der Waals surface area contributed by atoms with Crippen molar-refractivity contribution in [1.29, 1.82) is 0 Å². The fourth-order valence-corrected chi connectivity index (χ4v) is 0.659. The van der Waals surface area contributed by atoms with Gasteiger partial charge in [-0.1, -0.05) is 0 Å².